The minimum atomic E-state index is -0.152. The topological polar surface area (TPSA) is 30.9 Å². The first kappa shape index (κ1) is 12.9. The third-order valence-electron chi connectivity index (χ3n) is 2.80. The molecule has 4 heteroatoms. The maximum Gasteiger partial charge on any atom is 0.163 e. The minimum Gasteiger partial charge on any atom is -0.379 e. The third-order valence-corrected chi connectivity index (χ3v) is 2.80. The van der Waals surface area contributed by atoms with Crippen molar-refractivity contribution < 1.29 is 14.2 Å². The molecule has 1 aliphatic rings. The van der Waals surface area contributed by atoms with Crippen molar-refractivity contribution in [2.45, 2.75) is 20.1 Å². The molecule has 0 amide bonds. The maximum atomic E-state index is 5.33. The van der Waals surface area contributed by atoms with Crippen molar-refractivity contribution in [3.05, 3.63) is 0 Å². The zero-order chi connectivity index (χ0) is 11.3. The monoisotopic (exact) mass is 217 g/mol. The lowest BCUT2D eigenvalue weighted by Gasteiger charge is -2.38. The molecule has 0 radical (unpaired) electrons. The van der Waals surface area contributed by atoms with Crippen LogP contribution < -0.4 is 0 Å². The van der Waals surface area contributed by atoms with E-state index in [9.17, 15) is 0 Å². The van der Waals surface area contributed by atoms with Crippen molar-refractivity contribution in [2.24, 2.45) is 5.41 Å². The van der Waals surface area contributed by atoms with Crippen molar-refractivity contribution >= 4 is 0 Å². The van der Waals surface area contributed by atoms with Crippen LogP contribution in [0.3, 0.4) is 0 Å². The summed E-state index contributed by atoms with van der Waals surface area (Å²) in [4.78, 5) is 2.40. The molecule has 0 saturated carbocycles. The number of ether oxygens (including phenoxy) is 3. The molecule has 4 nitrogen and oxygen atoms in total. The molecule has 0 N–H and O–H groups in total. The third kappa shape index (κ3) is 3.72. The number of hydrogen-bond donors (Lipinski definition) is 0. The van der Waals surface area contributed by atoms with Crippen LogP contribution in [-0.4, -0.2) is 58.3 Å². The Morgan fingerprint density at radius 1 is 1.20 bits per heavy atom. The van der Waals surface area contributed by atoms with Gasteiger partial charge >= 0.3 is 0 Å². The van der Waals surface area contributed by atoms with Crippen LogP contribution in [0.1, 0.15) is 13.8 Å². The minimum absolute atomic E-state index is 0.000833. The lowest BCUT2D eigenvalue weighted by molar-refractivity contribution is -0.175. The van der Waals surface area contributed by atoms with Gasteiger partial charge in [0, 0.05) is 39.3 Å². The van der Waals surface area contributed by atoms with Gasteiger partial charge in [-0.05, 0) is 0 Å². The molecular formula is C11H23NO3. The van der Waals surface area contributed by atoms with Gasteiger partial charge in [-0.25, -0.2) is 0 Å². The molecule has 1 saturated heterocycles. The fourth-order valence-electron chi connectivity index (χ4n) is 2.14. The Kier molecular flexibility index (Phi) is 4.99. The summed E-state index contributed by atoms with van der Waals surface area (Å²) in [5.74, 6) is 0. The first-order chi connectivity index (χ1) is 7.10. The molecule has 90 valence electrons. The van der Waals surface area contributed by atoms with E-state index in [-0.39, 0.29) is 11.7 Å². The number of morpholine rings is 1. The first-order valence-corrected chi connectivity index (χ1v) is 5.46. The molecule has 0 aliphatic carbocycles. The summed E-state index contributed by atoms with van der Waals surface area (Å²) in [6, 6.07) is 0. The zero-order valence-corrected chi connectivity index (χ0v) is 10.3. The Morgan fingerprint density at radius 3 is 2.20 bits per heavy atom. The molecule has 15 heavy (non-hydrogen) atoms. The van der Waals surface area contributed by atoms with Crippen LogP contribution in [0.25, 0.3) is 0 Å². The highest BCUT2D eigenvalue weighted by Gasteiger charge is 2.32. The van der Waals surface area contributed by atoms with Crippen LogP contribution >= 0.6 is 0 Å². The molecule has 0 aromatic rings. The van der Waals surface area contributed by atoms with Gasteiger partial charge in [0.15, 0.2) is 6.29 Å². The van der Waals surface area contributed by atoms with Crippen LogP contribution in [0.2, 0.25) is 0 Å². The Hall–Kier alpha value is -0.160. The zero-order valence-electron chi connectivity index (χ0n) is 10.3. The van der Waals surface area contributed by atoms with E-state index in [1.807, 2.05) is 0 Å². The lowest BCUT2D eigenvalue weighted by atomic mass is 9.91. The molecule has 0 bridgehead atoms. The predicted octanol–water partition coefficient (Wildman–Crippen LogP) is 0.964. The van der Waals surface area contributed by atoms with Gasteiger partial charge < -0.3 is 14.2 Å². The number of methoxy groups -OCH3 is 2. The average Bonchev–Trinajstić information content (AvgIpc) is 2.19. The quantitative estimate of drug-likeness (QED) is 0.642. The summed E-state index contributed by atoms with van der Waals surface area (Å²) in [5.41, 5.74) is 0.000833. The Balaban J connectivity index is 2.45. The van der Waals surface area contributed by atoms with Crippen molar-refractivity contribution in [3.63, 3.8) is 0 Å². The van der Waals surface area contributed by atoms with Gasteiger partial charge in [0.05, 0.1) is 13.2 Å². The molecule has 1 aliphatic heterocycles. The summed E-state index contributed by atoms with van der Waals surface area (Å²) in [6.45, 7) is 8.98. The van der Waals surface area contributed by atoms with E-state index in [2.05, 4.69) is 18.7 Å². The molecule has 0 atom stereocenters. The van der Waals surface area contributed by atoms with Crippen molar-refractivity contribution in [1.29, 1.82) is 0 Å². The second-order valence-corrected chi connectivity index (χ2v) is 4.68. The van der Waals surface area contributed by atoms with Gasteiger partial charge in [-0.15, -0.1) is 0 Å². The first-order valence-electron chi connectivity index (χ1n) is 5.46. The van der Waals surface area contributed by atoms with Gasteiger partial charge in [-0.3, -0.25) is 4.90 Å². The van der Waals surface area contributed by atoms with Gasteiger partial charge in [0.2, 0.25) is 0 Å². The van der Waals surface area contributed by atoms with Crippen molar-refractivity contribution in [1.82, 2.24) is 4.90 Å². The van der Waals surface area contributed by atoms with Gasteiger partial charge in [0.1, 0.15) is 0 Å². The Morgan fingerprint density at radius 2 is 1.73 bits per heavy atom. The summed E-state index contributed by atoms with van der Waals surface area (Å²) < 4.78 is 16.0. The van der Waals surface area contributed by atoms with Crippen LogP contribution in [0.4, 0.5) is 0 Å². The van der Waals surface area contributed by atoms with E-state index in [1.54, 1.807) is 14.2 Å². The normalized spacial score (nSPS) is 19.8. The van der Waals surface area contributed by atoms with E-state index >= 15 is 0 Å². The molecule has 0 unspecified atom stereocenters. The number of hydrogen-bond acceptors (Lipinski definition) is 4. The highest BCUT2D eigenvalue weighted by atomic mass is 16.7. The second-order valence-electron chi connectivity index (χ2n) is 4.68. The fourth-order valence-corrected chi connectivity index (χ4v) is 2.14. The van der Waals surface area contributed by atoms with E-state index in [0.717, 1.165) is 32.8 Å². The van der Waals surface area contributed by atoms with Gasteiger partial charge in [0.25, 0.3) is 0 Å². The molecule has 0 aromatic heterocycles. The van der Waals surface area contributed by atoms with Crippen LogP contribution in [0.5, 0.6) is 0 Å². The highest BCUT2D eigenvalue weighted by molar-refractivity contribution is 4.78. The molecule has 1 heterocycles. The van der Waals surface area contributed by atoms with Crippen LogP contribution in [0.15, 0.2) is 0 Å². The maximum absolute atomic E-state index is 5.33. The number of nitrogens with zero attached hydrogens (tertiary/aromatic N) is 1. The van der Waals surface area contributed by atoms with Crippen LogP contribution in [-0.2, 0) is 14.2 Å². The van der Waals surface area contributed by atoms with Crippen molar-refractivity contribution in [2.75, 3.05) is 47.1 Å². The molecule has 0 aromatic carbocycles. The summed E-state index contributed by atoms with van der Waals surface area (Å²) in [7, 11) is 3.38. The predicted molar refractivity (Wildman–Crippen MR) is 58.8 cm³/mol. The summed E-state index contributed by atoms with van der Waals surface area (Å²) in [6.07, 6.45) is -0.152. The lowest BCUT2D eigenvalue weighted by Crippen LogP contribution is -2.47. The van der Waals surface area contributed by atoms with E-state index in [0.29, 0.717) is 0 Å². The Labute approximate surface area is 92.5 Å². The molecule has 1 rings (SSSR count). The van der Waals surface area contributed by atoms with Crippen molar-refractivity contribution in [3.8, 4) is 0 Å². The molecule has 0 spiro atoms. The number of rotatable bonds is 5. The van der Waals surface area contributed by atoms with Gasteiger partial charge in [-0.2, -0.15) is 0 Å². The largest absolute Gasteiger partial charge is 0.379 e. The Bertz CT molecular complexity index is 175. The van der Waals surface area contributed by atoms with E-state index < -0.39 is 0 Å². The summed E-state index contributed by atoms with van der Waals surface area (Å²) >= 11 is 0. The standard InChI is InChI=1S/C11H23NO3/c1-11(2,10(13-3)14-4)9-12-5-7-15-8-6-12/h10H,5-9H2,1-4H3. The fraction of sp³-hybridized carbons (Fsp3) is 1.00. The van der Waals surface area contributed by atoms with Gasteiger partial charge in [-0.1, -0.05) is 13.8 Å². The van der Waals surface area contributed by atoms with E-state index in [1.165, 1.54) is 0 Å². The second kappa shape index (κ2) is 5.80. The average molecular weight is 217 g/mol. The molecular weight excluding hydrogens is 194 g/mol. The SMILES string of the molecule is COC(OC)C(C)(C)CN1CCOCC1. The highest BCUT2D eigenvalue weighted by Crippen LogP contribution is 2.25. The smallest absolute Gasteiger partial charge is 0.163 e. The molecule has 1 fully saturated rings. The van der Waals surface area contributed by atoms with Crippen LogP contribution in [0, 0.1) is 5.41 Å². The van der Waals surface area contributed by atoms with E-state index in [4.69, 9.17) is 14.2 Å². The summed E-state index contributed by atoms with van der Waals surface area (Å²) in [5, 5.41) is 0.